The molecule has 1 fully saturated rings. The zero-order valence-electron chi connectivity index (χ0n) is 10.7. The summed E-state index contributed by atoms with van der Waals surface area (Å²) in [5, 5.41) is 20.0. The Labute approximate surface area is 103 Å². The van der Waals surface area contributed by atoms with Gasteiger partial charge in [-0.2, -0.15) is 0 Å². The molecule has 1 aromatic carbocycles. The Balaban J connectivity index is 2.19. The van der Waals surface area contributed by atoms with Gasteiger partial charge in [-0.1, -0.05) is 31.9 Å². The smallest absolute Gasteiger partial charge is 0.115 e. The average molecular weight is 234 g/mol. The Kier molecular flexibility index (Phi) is 3.43. The minimum atomic E-state index is -0.775. The van der Waals surface area contributed by atoms with E-state index in [-0.39, 0.29) is 5.75 Å². The van der Waals surface area contributed by atoms with Gasteiger partial charge in [-0.25, -0.2) is 0 Å². The number of hydrogen-bond acceptors (Lipinski definition) is 2. The van der Waals surface area contributed by atoms with Gasteiger partial charge in [0.1, 0.15) is 5.75 Å². The maximum Gasteiger partial charge on any atom is 0.115 e. The Hall–Kier alpha value is -1.02. The molecule has 1 saturated carbocycles. The van der Waals surface area contributed by atoms with Crippen molar-refractivity contribution in [2.24, 2.45) is 11.8 Å². The fourth-order valence-electron chi connectivity index (χ4n) is 2.98. The van der Waals surface area contributed by atoms with Gasteiger partial charge in [0.2, 0.25) is 0 Å². The maximum absolute atomic E-state index is 10.7. The van der Waals surface area contributed by atoms with E-state index in [1.54, 1.807) is 12.1 Å². The Morgan fingerprint density at radius 1 is 1.18 bits per heavy atom. The Morgan fingerprint density at radius 3 is 2.41 bits per heavy atom. The molecule has 2 heteroatoms. The molecule has 2 rings (SSSR count). The second kappa shape index (κ2) is 4.69. The van der Waals surface area contributed by atoms with Crippen molar-refractivity contribution in [3.63, 3.8) is 0 Å². The Morgan fingerprint density at radius 2 is 1.82 bits per heavy atom. The monoisotopic (exact) mass is 234 g/mol. The molecule has 2 nitrogen and oxygen atoms in total. The summed E-state index contributed by atoms with van der Waals surface area (Å²) >= 11 is 0. The standard InChI is InChI=1S/C15H22O2/c1-11-4-3-5-13(10-11)15(2,17)12-6-8-14(16)9-7-12/h6-9,11,13,16-17H,3-5,10H2,1-2H3. The van der Waals surface area contributed by atoms with E-state index >= 15 is 0 Å². The van der Waals surface area contributed by atoms with E-state index in [2.05, 4.69) is 6.92 Å². The zero-order chi connectivity index (χ0) is 12.5. The van der Waals surface area contributed by atoms with E-state index in [1.807, 2.05) is 19.1 Å². The summed E-state index contributed by atoms with van der Waals surface area (Å²) in [7, 11) is 0. The molecule has 0 bridgehead atoms. The first-order valence-corrected chi connectivity index (χ1v) is 6.52. The summed E-state index contributed by atoms with van der Waals surface area (Å²) in [6.45, 7) is 4.17. The highest BCUT2D eigenvalue weighted by Crippen LogP contribution is 2.41. The SMILES string of the molecule is CC1CCCC(C(C)(O)c2ccc(O)cc2)C1. The van der Waals surface area contributed by atoms with Crippen molar-refractivity contribution in [3.8, 4) is 5.75 Å². The number of phenols is 1. The first-order chi connectivity index (χ1) is 8.00. The van der Waals surface area contributed by atoms with Crippen molar-refractivity contribution in [2.75, 3.05) is 0 Å². The topological polar surface area (TPSA) is 40.5 Å². The van der Waals surface area contributed by atoms with E-state index in [4.69, 9.17) is 0 Å². The molecule has 0 aliphatic heterocycles. The third-order valence-corrected chi connectivity index (χ3v) is 4.18. The summed E-state index contributed by atoms with van der Waals surface area (Å²) < 4.78 is 0. The van der Waals surface area contributed by atoms with Crippen molar-refractivity contribution in [1.29, 1.82) is 0 Å². The highest BCUT2D eigenvalue weighted by Gasteiger charge is 2.36. The van der Waals surface area contributed by atoms with Crippen LogP contribution in [0.25, 0.3) is 0 Å². The van der Waals surface area contributed by atoms with Gasteiger partial charge in [-0.05, 0) is 49.3 Å². The molecule has 2 N–H and O–H groups in total. The molecule has 0 aromatic heterocycles. The average Bonchev–Trinajstić information content (AvgIpc) is 2.29. The van der Waals surface area contributed by atoms with E-state index in [1.165, 1.54) is 12.8 Å². The van der Waals surface area contributed by atoms with Crippen molar-refractivity contribution in [2.45, 2.75) is 45.1 Å². The van der Waals surface area contributed by atoms with Crippen molar-refractivity contribution in [1.82, 2.24) is 0 Å². The molecule has 3 atom stereocenters. The summed E-state index contributed by atoms with van der Waals surface area (Å²) in [5.74, 6) is 1.29. The first-order valence-electron chi connectivity index (χ1n) is 6.52. The highest BCUT2D eigenvalue weighted by molar-refractivity contribution is 5.30. The van der Waals surface area contributed by atoms with Crippen LogP contribution in [0.1, 0.15) is 45.1 Å². The zero-order valence-corrected chi connectivity index (χ0v) is 10.7. The van der Waals surface area contributed by atoms with Gasteiger partial charge in [0.25, 0.3) is 0 Å². The lowest BCUT2D eigenvalue weighted by atomic mass is 9.71. The molecule has 1 aliphatic carbocycles. The van der Waals surface area contributed by atoms with Crippen LogP contribution in [0.2, 0.25) is 0 Å². The largest absolute Gasteiger partial charge is 0.508 e. The number of phenolic OH excluding ortho intramolecular Hbond substituents is 1. The normalized spacial score (nSPS) is 28.6. The summed E-state index contributed by atoms with van der Waals surface area (Å²) in [6, 6.07) is 6.95. The van der Waals surface area contributed by atoms with Gasteiger partial charge in [-0.15, -0.1) is 0 Å². The molecule has 0 saturated heterocycles. The fraction of sp³-hybridized carbons (Fsp3) is 0.600. The van der Waals surface area contributed by atoms with E-state index < -0.39 is 5.60 Å². The summed E-state index contributed by atoms with van der Waals surface area (Å²) in [4.78, 5) is 0. The molecule has 3 unspecified atom stereocenters. The van der Waals surface area contributed by atoms with E-state index in [0.717, 1.165) is 18.4 Å². The second-order valence-electron chi connectivity index (χ2n) is 5.66. The maximum atomic E-state index is 10.7. The van der Waals surface area contributed by atoms with Crippen molar-refractivity contribution >= 4 is 0 Å². The lowest BCUT2D eigenvalue weighted by molar-refractivity contribution is -0.0294. The quantitative estimate of drug-likeness (QED) is 0.823. The van der Waals surface area contributed by atoms with Gasteiger partial charge in [0.05, 0.1) is 5.60 Å². The molecule has 17 heavy (non-hydrogen) atoms. The summed E-state index contributed by atoms with van der Waals surface area (Å²) in [6.07, 6.45) is 4.67. The van der Waals surface area contributed by atoms with Gasteiger partial charge in [0.15, 0.2) is 0 Å². The van der Waals surface area contributed by atoms with Gasteiger partial charge in [-0.3, -0.25) is 0 Å². The molecule has 94 valence electrons. The highest BCUT2D eigenvalue weighted by atomic mass is 16.3. The summed E-state index contributed by atoms with van der Waals surface area (Å²) in [5.41, 5.74) is 0.136. The number of hydrogen-bond donors (Lipinski definition) is 2. The fourth-order valence-corrected chi connectivity index (χ4v) is 2.98. The predicted molar refractivity (Wildman–Crippen MR) is 68.8 cm³/mol. The lowest BCUT2D eigenvalue weighted by Gasteiger charge is -2.38. The molecule has 1 aliphatic rings. The van der Waals surface area contributed by atoms with Crippen molar-refractivity contribution < 1.29 is 10.2 Å². The van der Waals surface area contributed by atoms with Crippen LogP contribution < -0.4 is 0 Å². The minimum absolute atomic E-state index is 0.251. The predicted octanol–water partition coefficient (Wildman–Crippen LogP) is 3.43. The third kappa shape index (κ3) is 2.63. The molecule has 0 spiro atoms. The second-order valence-corrected chi connectivity index (χ2v) is 5.66. The number of aromatic hydroxyl groups is 1. The van der Waals surface area contributed by atoms with Crippen LogP contribution in [-0.2, 0) is 5.60 Å². The molecule has 0 radical (unpaired) electrons. The Bertz CT molecular complexity index is 367. The first kappa shape index (κ1) is 12.4. The van der Waals surface area contributed by atoms with E-state index in [0.29, 0.717) is 11.8 Å². The molecular weight excluding hydrogens is 212 g/mol. The van der Waals surface area contributed by atoms with Crippen LogP contribution >= 0.6 is 0 Å². The minimum Gasteiger partial charge on any atom is -0.508 e. The number of rotatable bonds is 2. The van der Waals surface area contributed by atoms with Crippen molar-refractivity contribution in [3.05, 3.63) is 29.8 Å². The third-order valence-electron chi connectivity index (χ3n) is 4.18. The van der Waals surface area contributed by atoms with Gasteiger partial charge < -0.3 is 10.2 Å². The lowest BCUT2D eigenvalue weighted by Crippen LogP contribution is -2.34. The van der Waals surface area contributed by atoms with E-state index in [9.17, 15) is 10.2 Å². The van der Waals surface area contributed by atoms with Crippen LogP contribution in [0.3, 0.4) is 0 Å². The number of benzene rings is 1. The van der Waals surface area contributed by atoms with Crippen LogP contribution in [0.4, 0.5) is 0 Å². The molecular formula is C15H22O2. The van der Waals surface area contributed by atoms with Crippen LogP contribution in [0, 0.1) is 11.8 Å². The molecule has 0 heterocycles. The number of aliphatic hydroxyl groups is 1. The van der Waals surface area contributed by atoms with Crippen LogP contribution in [-0.4, -0.2) is 10.2 Å². The van der Waals surface area contributed by atoms with Crippen LogP contribution in [0.15, 0.2) is 24.3 Å². The van der Waals surface area contributed by atoms with Gasteiger partial charge in [0, 0.05) is 0 Å². The van der Waals surface area contributed by atoms with Crippen LogP contribution in [0.5, 0.6) is 5.75 Å². The molecule has 0 amide bonds. The van der Waals surface area contributed by atoms with Gasteiger partial charge >= 0.3 is 0 Å². The molecule has 1 aromatic rings.